The molecule has 33 heavy (non-hydrogen) atoms. The number of nitrogens with one attached hydrogen (secondary N) is 2. The molecule has 1 aromatic rings. The topological polar surface area (TPSA) is 63.2 Å². The number of halogens is 1. The fourth-order valence-corrected chi connectivity index (χ4v) is 4.47. The smallest absolute Gasteiger partial charge is 0.223 e. The Labute approximate surface area is 217 Å². The number of benzene rings is 1. The summed E-state index contributed by atoms with van der Waals surface area (Å²) in [6, 6.07) is 10.4. The maximum Gasteiger partial charge on any atom is 0.223 e. The molecule has 8 heteroatoms. The highest BCUT2D eigenvalue weighted by molar-refractivity contribution is 14.0. The van der Waals surface area contributed by atoms with Crippen molar-refractivity contribution in [1.29, 1.82) is 0 Å². The van der Waals surface area contributed by atoms with E-state index in [0.717, 1.165) is 77.8 Å². The van der Waals surface area contributed by atoms with Crippen LogP contribution < -0.4 is 10.6 Å². The maximum atomic E-state index is 12.4. The van der Waals surface area contributed by atoms with Crippen LogP contribution >= 0.6 is 24.0 Å². The highest BCUT2D eigenvalue weighted by Crippen LogP contribution is 2.17. The third-order valence-corrected chi connectivity index (χ3v) is 6.44. The van der Waals surface area contributed by atoms with Gasteiger partial charge in [-0.1, -0.05) is 37.3 Å². The summed E-state index contributed by atoms with van der Waals surface area (Å²) in [4.78, 5) is 24.2. The van der Waals surface area contributed by atoms with Crippen LogP contribution in [-0.2, 0) is 11.2 Å². The van der Waals surface area contributed by atoms with E-state index in [-0.39, 0.29) is 29.9 Å². The molecule has 0 saturated carbocycles. The van der Waals surface area contributed by atoms with Crippen LogP contribution in [0.1, 0.15) is 25.8 Å². The lowest BCUT2D eigenvalue weighted by Crippen LogP contribution is -2.46. The van der Waals surface area contributed by atoms with Crippen molar-refractivity contribution in [2.75, 3.05) is 72.5 Å². The molecule has 2 aliphatic heterocycles. The quantitative estimate of drug-likeness (QED) is 0.257. The van der Waals surface area contributed by atoms with Gasteiger partial charge in [-0.2, -0.15) is 0 Å². The molecule has 2 atom stereocenters. The third-order valence-electron chi connectivity index (χ3n) is 6.44. The van der Waals surface area contributed by atoms with Crippen LogP contribution in [0.25, 0.3) is 0 Å². The zero-order valence-corrected chi connectivity index (χ0v) is 23.0. The van der Waals surface area contributed by atoms with E-state index >= 15 is 0 Å². The van der Waals surface area contributed by atoms with E-state index in [1.807, 2.05) is 11.0 Å². The molecule has 7 nitrogen and oxygen atoms in total. The van der Waals surface area contributed by atoms with Crippen molar-refractivity contribution in [3.63, 3.8) is 0 Å². The molecule has 2 unspecified atom stereocenters. The van der Waals surface area contributed by atoms with Gasteiger partial charge in [-0.25, -0.2) is 0 Å². The Kier molecular flexibility index (Phi) is 12.5. The van der Waals surface area contributed by atoms with Crippen molar-refractivity contribution in [3.8, 4) is 0 Å². The predicted octanol–water partition coefficient (Wildman–Crippen LogP) is 2.13. The number of hydrogen-bond acceptors (Lipinski definition) is 4. The number of rotatable bonds is 10. The van der Waals surface area contributed by atoms with Crippen LogP contribution in [-0.4, -0.2) is 99.1 Å². The predicted molar refractivity (Wildman–Crippen MR) is 147 cm³/mol. The summed E-state index contributed by atoms with van der Waals surface area (Å²) in [5, 5.41) is 6.84. The number of guanidine groups is 1. The van der Waals surface area contributed by atoms with Crippen molar-refractivity contribution >= 4 is 35.8 Å². The first-order chi connectivity index (χ1) is 15.5. The van der Waals surface area contributed by atoms with E-state index in [9.17, 15) is 4.79 Å². The Morgan fingerprint density at radius 2 is 1.88 bits per heavy atom. The van der Waals surface area contributed by atoms with E-state index < -0.39 is 0 Å². The molecule has 3 rings (SSSR count). The van der Waals surface area contributed by atoms with Crippen LogP contribution in [0, 0.1) is 11.8 Å². The second-order valence-corrected chi connectivity index (χ2v) is 9.46. The molecule has 186 valence electrons. The molecular formula is C25H43IN6O. The fraction of sp³-hybridized carbons (Fsp3) is 0.680. The summed E-state index contributed by atoms with van der Waals surface area (Å²) in [7, 11) is 2.19. The maximum absolute atomic E-state index is 12.4. The minimum atomic E-state index is 0. The van der Waals surface area contributed by atoms with Gasteiger partial charge in [0, 0.05) is 77.8 Å². The first-order valence-corrected chi connectivity index (χ1v) is 12.3. The van der Waals surface area contributed by atoms with Gasteiger partial charge >= 0.3 is 0 Å². The average Bonchev–Trinajstić information content (AvgIpc) is 3.16. The molecule has 0 bridgehead atoms. The Hall–Kier alpha value is -1.39. The van der Waals surface area contributed by atoms with Gasteiger partial charge in [-0.3, -0.25) is 9.79 Å². The second-order valence-electron chi connectivity index (χ2n) is 9.46. The minimum absolute atomic E-state index is 0. The number of aliphatic imine (C=N–C) groups is 1. The van der Waals surface area contributed by atoms with E-state index in [1.54, 1.807) is 0 Å². The Balaban J connectivity index is 0.00000385. The third kappa shape index (κ3) is 9.78. The standard InChI is InChI=1S/C25H42N6O.HI/c1-4-26-25(27-17-21(2)19-30-14-12-29(3)13-15-30)28-18-23-16-24(32)31(20-23)11-10-22-8-6-5-7-9-22;/h5-9,21,23H,4,10-20H2,1-3H3,(H2,26,27,28);1H. The molecule has 0 spiro atoms. The molecule has 1 amide bonds. The van der Waals surface area contributed by atoms with Crippen molar-refractivity contribution < 1.29 is 4.79 Å². The second kappa shape index (κ2) is 14.8. The van der Waals surface area contributed by atoms with E-state index in [4.69, 9.17) is 4.99 Å². The average molecular weight is 571 g/mol. The molecule has 2 fully saturated rings. The summed E-state index contributed by atoms with van der Waals surface area (Å²) in [6.45, 7) is 14.2. The van der Waals surface area contributed by atoms with Crippen molar-refractivity contribution in [2.45, 2.75) is 26.7 Å². The minimum Gasteiger partial charge on any atom is -0.357 e. The van der Waals surface area contributed by atoms with Gasteiger partial charge < -0.3 is 25.3 Å². The summed E-state index contributed by atoms with van der Waals surface area (Å²) in [6.07, 6.45) is 1.54. The first-order valence-electron chi connectivity index (χ1n) is 12.3. The normalized spacial score (nSPS) is 21.1. The van der Waals surface area contributed by atoms with Gasteiger partial charge in [0.05, 0.1) is 0 Å². The van der Waals surface area contributed by atoms with Crippen LogP contribution in [0.2, 0.25) is 0 Å². The number of amides is 1. The summed E-state index contributed by atoms with van der Waals surface area (Å²) in [5.41, 5.74) is 1.29. The SMILES string of the molecule is CCNC(=NCC(C)CN1CCN(C)CC1)NCC1CC(=O)N(CCc2ccccc2)C1.I. The van der Waals surface area contributed by atoms with Crippen molar-refractivity contribution in [2.24, 2.45) is 16.8 Å². The molecule has 1 aromatic carbocycles. The lowest BCUT2D eigenvalue weighted by molar-refractivity contribution is -0.127. The van der Waals surface area contributed by atoms with Gasteiger partial charge in [0.1, 0.15) is 0 Å². The highest BCUT2D eigenvalue weighted by atomic mass is 127. The molecule has 2 aliphatic rings. The zero-order valence-electron chi connectivity index (χ0n) is 20.6. The van der Waals surface area contributed by atoms with Gasteiger partial charge in [0.25, 0.3) is 0 Å². The molecule has 2 heterocycles. The van der Waals surface area contributed by atoms with E-state index in [2.05, 4.69) is 65.6 Å². The highest BCUT2D eigenvalue weighted by Gasteiger charge is 2.29. The van der Waals surface area contributed by atoms with Gasteiger partial charge in [-0.15, -0.1) is 24.0 Å². The van der Waals surface area contributed by atoms with Gasteiger partial charge in [0.15, 0.2) is 5.96 Å². The van der Waals surface area contributed by atoms with Crippen LogP contribution in [0.3, 0.4) is 0 Å². The molecule has 0 aliphatic carbocycles. The summed E-state index contributed by atoms with van der Waals surface area (Å²) < 4.78 is 0. The van der Waals surface area contributed by atoms with Crippen LogP contribution in [0.5, 0.6) is 0 Å². The lowest BCUT2D eigenvalue weighted by Gasteiger charge is -2.33. The number of carbonyl (C=O) groups is 1. The Bertz CT molecular complexity index is 723. The Morgan fingerprint density at radius 1 is 1.15 bits per heavy atom. The van der Waals surface area contributed by atoms with Gasteiger partial charge in [-0.05, 0) is 31.9 Å². The lowest BCUT2D eigenvalue weighted by atomic mass is 10.1. The van der Waals surface area contributed by atoms with Crippen LogP contribution in [0.4, 0.5) is 0 Å². The number of likely N-dealkylation sites (tertiary alicyclic amines) is 1. The van der Waals surface area contributed by atoms with Crippen molar-refractivity contribution in [1.82, 2.24) is 25.3 Å². The summed E-state index contributed by atoms with van der Waals surface area (Å²) in [5.74, 6) is 2.00. The van der Waals surface area contributed by atoms with E-state index in [0.29, 0.717) is 18.3 Å². The number of likely N-dealkylation sites (N-methyl/N-ethyl adjacent to an activating group) is 1. The molecule has 0 radical (unpaired) electrons. The number of nitrogens with zero attached hydrogens (tertiary/aromatic N) is 4. The fourth-order valence-electron chi connectivity index (χ4n) is 4.47. The monoisotopic (exact) mass is 570 g/mol. The number of carbonyl (C=O) groups excluding carboxylic acids is 1. The number of piperazine rings is 1. The zero-order chi connectivity index (χ0) is 22.8. The largest absolute Gasteiger partial charge is 0.357 e. The van der Waals surface area contributed by atoms with Crippen molar-refractivity contribution in [3.05, 3.63) is 35.9 Å². The number of hydrogen-bond donors (Lipinski definition) is 2. The molecule has 2 saturated heterocycles. The summed E-state index contributed by atoms with van der Waals surface area (Å²) >= 11 is 0. The van der Waals surface area contributed by atoms with Crippen LogP contribution in [0.15, 0.2) is 35.3 Å². The Morgan fingerprint density at radius 3 is 2.58 bits per heavy atom. The molecule has 0 aromatic heterocycles. The van der Waals surface area contributed by atoms with Gasteiger partial charge in [0.2, 0.25) is 5.91 Å². The van der Waals surface area contributed by atoms with E-state index in [1.165, 1.54) is 5.56 Å². The molecule has 2 N–H and O–H groups in total. The first kappa shape index (κ1) is 27.9. The molecular weight excluding hydrogens is 527 g/mol.